The minimum atomic E-state index is -1.59. The maximum Gasteiger partial charge on any atom is 0.250 e. The van der Waals surface area contributed by atoms with Gasteiger partial charge < -0.3 is 78.8 Å². The summed E-state index contributed by atoms with van der Waals surface area (Å²) in [6.45, 7) is -0.759. The van der Waals surface area contributed by atoms with Crippen LogP contribution in [0.3, 0.4) is 0 Å². The summed E-state index contributed by atoms with van der Waals surface area (Å²) in [6.07, 6.45) is -11.2. The predicted octanol–water partition coefficient (Wildman–Crippen LogP) is -7.16. The molecule has 2 heterocycles. The van der Waals surface area contributed by atoms with Crippen LogP contribution >= 0.6 is 0 Å². The lowest BCUT2D eigenvalue weighted by Gasteiger charge is -2.50. The minimum Gasteiger partial charge on any atom is -0.394 e. The second kappa shape index (κ2) is 13.5. The fourth-order valence-electron chi connectivity index (χ4n) is 5.42. The first-order valence-corrected chi connectivity index (χ1v) is 12.9. The second-order valence-electron chi connectivity index (χ2n) is 10.4. The molecule has 3 fully saturated rings. The lowest BCUT2D eigenvalue weighted by molar-refractivity contribution is -0.260. The SMILES string of the molecule is NCC1CCC(N)[C@@H](OC2C(O)[C@@H](C[C@H]3OC(CO)[C@@H](O)[C@H](N)C3O)[C@H](NC(=O)C(O)CN)C(O)[C@@H]2N)O1. The van der Waals surface area contributed by atoms with E-state index < -0.39 is 104 Å². The van der Waals surface area contributed by atoms with Gasteiger partial charge in [-0.05, 0) is 19.3 Å². The second-order valence-corrected chi connectivity index (χ2v) is 10.4. The number of nitrogens with one attached hydrogen (secondary N) is 1. The van der Waals surface area contributed by atoms with Crippen LogP contribution in [0.4, 0.5) is 0 Å². The van der Waals surface area contributed by atoms with Gasteiger partial charge in [-0.1, -0.05) is 0 Å². The number of aliphatic hydroxyl groups is 6. The van der Waals surface area contributed by atoms with Gasteiger partial charge in [0.15, 0.2) is 6.29 Å². The van der Waals surface area contributed by atoms with Gasteiger partial charge in [0.2, 0.25) is 5.91 Å². The topological polar surface area (TPSA) is 308 Å². The third-order valence-corrected chi connectivity index (χ3v) is 7.85. The van der Waals surface area contributed by atoms with Crippen molar-refractivity contribution in [1.29, 1.82) is 0 Å². The molecule has 2 saturated heterocycles. The summed E-state index contributed by atoms with van der Waals surface area (Å²) >= 11 is 0. The van der Waals surface area contributed by atoms with E-state index in [1.165, 1.54) is 0 Å². The Hall–Kier alpha value is -1.09. The fraction of sp³-hybridized carbons (Fsp3) is 0.955. The molecule has 3 rings (SSSR count). The van der Waals surface area contributed by atoms with Gasteiger partial charge in [0, 0.05) is 19.0 Å². The van der Waals surface area contributed by atoms with Crippen molar-refractivity contribution in [2.45, 2.75) is 105 Å². The Morgan fingerprint density at radius 2 is 1.61 bits per heavy atom. The molecule has 16 nitrogen and oxygen atoms in total. The van der Waals surface area contributed by atoms with E-state index in [-0.39, 0.29) is 19.1 Å². The molecule has 0 aromatic heterocycles. The van der Waals surface area contributed by atoms with Gasteiger partial charge in [-0.15, -0.1) is 0 Å². The third kappa shape index (κ3) is 6.61. The summed E-state index contributed by atoms with van der Waals surface area (Å²) in [5.74, 6) is -1.98. The van der Waals surface area contributed by atoms with Gasteiger partial charge in [0.1, 0.15) is 24.4 Å². The predicted molar refractivity (Wildman–Crippen MR) is 131 cm³/mol. The monoisotopic (exact) mass is 552 g/mol. The fourth-order valence-corrected chi connectivity index (χ4v) is 5.42. The van der Waals surface area contributed by atoms with E-state index in [1.807, 2.05) is 0 Å². The van der Waals surface area contributed by atoms with Crippen LogP contribution in [0.25, 0.3) is 0 Å². The minimum absolute atomic E-state index is 0.213. The van der Waals surface area contributed by atoms with Crippen molar-refractivity contribution in [3.05, 3.63) is 0 Å². The number of hydrogen-bond acceptors (Lipinski definition) is 15. The molecule has 0 spiro atoms. The van der Waals surface area contributed by atoms with Gasteiger partial charge in [-0.3, -0.25) is 4.79 Å². The van der Waals surface area contributed by atoms with Crippen LogP contribution in [0, 0.1) is 5.92 Å². The van der Waals surface area contributed by atoms with Crippen LogP contribution < -0.4 is 34.0 Å². The summed E-state index contributed by atoms with van der Waals surface area (Å²) in [5, 5.41) is 65.4. The Labute approximate surface area is 220 Å². The lowest BCUT2D eigenvalue weighted by atomic mass is 9.72. The summed E-state index contributed by atoms with van der Waals surface area (Å²) < 4.78 is 17.5. The molecule has 0 radical (unpaired) electrons. The van der Waals surface area contributed by atoms with E-state index in [0.29, 0.717) is 12.8 Å². The standard InChI is InChI=1S/C22H44N6O10/c23-4-7-1-2-9(25)22(36-7)38-20-14(27)19(34)15(28-21(35)10(30)5-24)8(16(20)31)3-11-17(32)13(26)18(33)12(6-29)37-11/h7-20,22,29-34H,1-6,23-27H2,(H,28,35)/t7?,8-,9?,10?,11+,12?,13+,14-,15-,16?,17?,18+,19?,20?,22+/m0/s1. The van der Waals surface area contributed by atoms with Crippen LogP contribution in [0.1, 0.15) is 19.3 Å². The van der Waals surface area contributed by atoms with Crippen molar-refractivity contribution in [2.75, 3.05) is 19.7 Å². The van der Waals surface area contributed by atoms with Crippen LogP contribution in [0.15, 0.2) is 0 Å². The van der Waals surface area contributed by atoms with Crippen molar-refractivity contribution >= 4 is 5.91 Å². The molecule has 16 heteroatoms. The van der Waals surface area contributed by atoms with Gasteiger partial charge in [-0.25, -0.2) is 0 Å². The number of rotatable bonds is 9. The molecule has 15 atom stereocenters. The molecule has 1 amide bonds. The van der Waals surface area contributed by atoms with E-state index in [2.05, 4.69) is 5.32 Å². The van der Waals surface area contributed by atoms with Crippen molar-refractivity contribution in [3.8, 4) is 0 Å². The molecule has 1 aliphatic carbocycles. The highest BCUT2D eigenvalue weighted by Crippen LogP contribution is 2.35. The zero-order valence-corrected chi connectivity index (χ0v) is 21.1. The zero-order valence-electron chi connectivity index (χ0n) is 21.1. The van der Waals surface area contributed by atoms with Crippen molar-refractivity contribution in [3.63, 3.8) is 0 Å². The van der Waals surface area contributed by atoms with Gasteiger partial charge in [0.05, 0.1) is 61.3 Å². The number of carbonyl (C=O) groups is 1. The Kier molecular flexibility index (Phi) is 11.2. The average molecular weight is 553 g/mol. The highest BCUT2D eigenvalue weighted by molar-refractivity contribution is 5.81. The van der Waals surface area contributed by atoms with E-state index in [1.54, 1.807) is 0 Å². The number of aliphatic hydroxyl groups excluding tert-OH is 6. The van der Waals surface area contributed by atoms with Gasteiger partial charge >= 0.3 is 0 Å². The third-order valence-electron chi connectivity index (χ3n) is 7.85. The molecular formula is C22H44N6O10. The maximum absolute atomic E-state index is 12.5. The largest absolute Gasteiger partial charge is 0.394 e. The average Bonchev–Trinajstić information content (AvgIpc) is 2.91. The molecule has 1 saturated carbocycles. The smallest absolute Gasteiger partial charge is 0.250 e. The number of amides is 1. The quantitative estimate of drug-likeness (QED) is 0.126. The van der Waals surface area contributed by atoms with Crippen molar-refractivity contribution in [2.24, 2.45) is 34.6 Å². The first kappa shape index (κ1) is 31.4. The van der Waals surface area contributed by atoms with E-state index >= 15 is 0 Å². The van der Waals surface area contributed by atoms with E-state index in [9.17, 15) is 35.4 Å². The molecule has 8 unspecified atom stereocenters. The molecule has 0 aromatic carbocycles. The number of carbonyl (C=O) groups excluding carboxylic acids is 1. The highest BCUT2D eigenvalue weighted by atomic mass is 16.7. The summed E-state index contributed by atoms with van der Waals surface area (Å²) in [6, 6.07) is -4.21. The number of nitrogens with two attached hydrogens (primary N) is 5. The maximum atomic E-state index is 12.5. The van der Waals surface area contributed by atoms with Crippen molar-refractivity contribution in [1.82, 2.24) is 5.32 Å². The van der Waals surface area contributed by atoms with Crippen LogP contribution in [-0.2, 0) is 19.0 Å². The molecule has 38 heavy (non-hydrogen) atoms. The molecule has 0 aromatic rings. The molecule has 17 N–H and O–H groups in total. The van der Waals surface area contributed by atoms with Gasteiger partial charge in [0.25, 0.3) is 0 Å². The van der Waals surface area contributed by atoms with E-state index in [0.717, 1.165) is 0 Å². The zero-order chi connectivity index (χ0) is 28.3. The number of hydrogen-bond donors (Lipinski definition) is 12. The first-order chi connectivity index (χ1) is 17.9. The summed E-state index contributed by atoms with van der Waals surface area (Å²) in [7, 11) is 0. The summed E-state index contributed by atoms with van der Waals surface area (Å²) in [4.78, 5) is 12.5. The highest BCUT2D eigenvalue weighted by Gasteiger charge is 2.53. The van der Waals surface area contributed by atoms with E-state index in [4.69, 9.17) is 42.9 Å². The molecular weight excluding hydrogens is 508 g/mol. The Balaban J connectivity index is 1.88. The normalized spacial score (nSPS) is 46.9. The Morgan fingerprint density at radius 1 is 0.947 bits per heavy atom. The summed E-state index contributed by atoms with van der Waals surface area (Å²) in [5.41, 5.74) is 29.4. The van der Waals surface area contributed by atoms with Crippen LogP contribution in [0.5, 0.6) is 0 Å². The number of ether oxygens (including phenoxy) is 3. The van der Waals surface area contributed by atoms with Crippen LogP contribution in [0.2, 0.25) is 0 Å². The molecule has 2 aliphatic heterocycles. The Bertz CT molecular complexity index is 770. The Morgan fingerprint density at radius 3 is 2.21 bits per heavy atom. The van der Waals surface area contributed by atoms with Crippen molar-refractivity contribution < 1.29 is 49.6 Å². The molecule has 222 valence electrons. The first-order valence-electron chi connectivity index (χ1n) is 12.9. The van der Waals surface area contributed by atoms with Gasteiger partial charge in [-0.2, -0.15) is 0 Å². The molecule has 0 bridgehead atoms. The molecule has 3 aliphatic rings. The lowest BCUT2D eigenvalue weighted by Crippen LogP contribution is -2.71. The van der Waals surface area contributed by atoms with Crippen LogP contribution in [-0.4, -0.2) is 142 Å².